The molecule has 24 heavy (non-hydrogen) atoms. The molecule has 0 spiro atoms. The molecule has 1 saturated heterocycles. The van der Waals surface area contributed by atoms with E-state index in [-0.39, 0.29) is 17.9 Å². The molecule has 1 aromatic carbocycles. The molecule has 2 heterocycles. The minimum Gasteiger partial charge on any atom is -0.375 e. The van der Waals surface area contributed by atoms with E-state index in [1.54, 1.807) is 7.11 Å². The summed E-state index contributed by atoms with van der Waals surface area (Å²) < 4.78 is 5.03. The molecule has 4 heteroatoms. The number of ether oxygens (including phenoxy) is 1. The van der Waals surface area contributed by atoms with E-state index in [4.69, 9.17) is 4.74 Å². The smallest absolute Gasteiger partial charge is 0.248 e. The fraction of sp³-hybridized carbons (Fsp3) is 0.650. The fourth-order valence-corrected chi connectivity index (χ4v) is 3.86. The van der Waals surface area contributed by atoms with Gasteiger partial charge in [0.2, 0.25) is 5.91 Å². The number of fused-ring (bicyclic) bond motifs is 1. The summed E-state index contributed by atoms with van der Waals surface area (Å²) in [6, 6.07) is 5.20. The lowest BCUT2D eigenvalue weighted by Crippen LogP contribution is -2.39. The van der Waals surface area contributed by atoms with Gasteiger partial charge in [0, 0.05) is 26.2 Å². The second-order valence-corrected chi connectivity index (χ2v) is 8.10. The molecule has 2 aliphatic heterocycles. The predicted octanol–water partition coefficient (Wildman–Crippen LogP) is 2.94. The van der Waals surface area contributed by atoms with E-state index in [2.05, 4.69) is 38.2 Å². The topological polar surface area (TPSA) is 41.6 Å². The van der Waals surface area contributed by atoms with Crippen molar-refractivity contribution in [2.45, 2.75) is 58.0 Å². The molecule has 1 aromatic rings. The Morgan fingerprint density at radius 3 is 2.79 bits per heavy atom. The minimum atomic E-state index is 0.0878. The van der Waals surface area contributed by atoms with Crippen molar-refractivity contribution in [3.63, 3.8) is 0 Å². The van der Waals surface area contributed by atoms with Crippen LogP contribution in [0.3, 0.4) is 0 Å². The molecule has 0 saturated carbocycles. The van der Waals surface area contributed by atoms with E-state index in [0.29, 0.717) is 12.6 Å². The van der Waals surface area contributed by atoms with Crippen LogP contribution in [-0.2, 0) is 27.9 Å². The Morgan fingerprint density at radius 2 is 2.17 bits per heavy atom. The molecule has 0 radical (unpaired) electrons. The lowest BCUT2D eigenvalue weighted by atomic mass is 9.80. The van der Waals surface area contributed by atoms with Gasteiger partial charge in [-0.05, 0) is 53.5 Å². The van der Waals surface area contributed by atoms with Crippen LogP contribution in [0.15, 0.2) is 12.1 Å². The van der Waals surface area contributed by atoms with Gasteiger partial charge in [-0.1, -0.05) is 32.9 Å². The van der Waals surface area contributed by atoms with Crippen molar-refractivity contribution in [3.8, 4) is 0 Å². The van der Waals surface area contributed by atoms with Crippen molar-refractivity contribution in [3.05, 3.63) is 34.4 Å². The normalized spacial score (nSPS) is 21.0. The highest BCUT2D eigenvalue weighted by molar-refractivity contribution is 5.77. The maximum absolute atomic E-state index is 12.2. The summed E-state index contributed by atoms with van der Waals surface area (Å²) in [5, 5.41) is 3.66. The summed E-state index contributed by atoms with van der Waals surface area (Å²) in [5.41, 5.74) is 5.73. The quantitative estimate of drug-likeness (QED) is 0.926. The van der Waals surface area contributed by atoms with E-state index in [1.165, 1.54) is 35.1 Å². The highest BCUT2D eigenvalue weighted by Crippen LogP contribution is 2.35. The monoisotopic (exact) mass is 330 g/mol. The molecule has 3 rings (SSSR count). The second kappa shape index (κ2) is 6.85. The van der Waals surface area contributed by atoms with E-state index >= 15 is 0 Å². The third-order valence-corrected chi connectivity index (χ3v) is 5.29. The molecular formula is C20H30N2O2. The number of amides is 1. The fourth-order valence-electron chi connectivity index (χ4n) is 3.86. The van der Waals surface area contributed by atoms with Crippen LogP contribution in [0, 0.1) is 0 Å². The first-order valence-electron chi connectivity index (χ1n) is 9.06. The lowest BCUT2D eigenvalue weighted by Gasteiger charge is -2.33. The SMILES string of the molecule is COCC(=O)N1CCc2c(cc(C(C)(C)C)cc2[C@@H]2CCCN2)C1. The third-order valence-electron chi connectivity index (χ3n) is 5.29. The van der Waals surface area contributed by atoms with Crippen molar-refractivity contribution in [1.82, 2.24) is 10.2 Å². The second-order valence-electron chi connectivity index (χ2n) is 8.10. The number of hydrogen-bond donors (Lipinski definition) is 1. The standard InChI is InChI=1S/C20H30N2O2/c1-20(2,3)15-10-14-12-22(19(23)13-24-4)9-7-16(14)17(11-15)18-6-5-8-21-18/h10-11,18,21H,5-9,12-13H2,1-4H3/t18-/m0/s1. The highest BCUT2D eigenvalue weighted by Gasteiger charge is 2.28. The van der Waals surface area contributed by atoms with Crippen molar-refractivity contribution in [2.24, 2.45) is 0 Å². The predicted molar refractivity (Wildman–Crippen MR) is 96.1 cm³/mol. The van der Waals surface area contributed by atoms with Gasteiger partial charge in [-0.3, -0.25) is 4.79 Å². The maximum atomic E-state index is 12.2. The highest BCUT2D eigenvalue weighted by atomic mass is 16.5. The molecule has 4 nitrogen and oxygen atoms in total. The van der Waals surface area contributed by atoms with E-state index in [9.17, 15) is 4.79 Å². The summed E-state index contributed by atoms with van der Waals surface area (Å²) >= 11 is 0. The van der Waals surface area contributed by atoms with E-state index in [0.717, 1.165) is 19.5 Å². The first kappa shape index (κ1) is 17.4. The summed E-state index contributed by atoms with van der Waals surface area (Å²) in [4.78, 5) is 14.2. The Kier molecular flexibility index (Phi) is 4.97. The molecule has 0 aromatic heterocycles. The van der Waals surface area contributed by atoms with Gasteiger partial charge in [0.15, 0.2) is 0 Å². The maximum Gasteiger partial charge on any atom is 0.248 e. The van der Waals surface area contributed by atoms with Crippen LogP contribution in [0.2, 0.25) is 0 Å². The number of benzene rings is 1. The number of methoxy groups -OCH3 is 1. The Hall–Kier alpha value is -1.39. The Morgan fingerprint density at radius 1 is 1.38 bits per heavy atom. The van der Waals surface area contributed by atoms with Gasteiger partial charge in [-0.15, -0.1) is 0 Å². The number of hydrogen-bond acceptors (Lipinski definition) is 3. The molecule has 1 atom stereocenters. The summed E-state index contributed by atoms with van der Waals surface area (Å²) in [5.74, 6) is 0.0878. The number of carbonyl (C=O) groups excluding carboxylic acids is 1. The van der Waals surface area contributed by atoms with Crippen LogP contribution in [0.5, 0.6) is 0 Å². The van der Waals surface area contributed by atoms with Crippen LogP contribution >= 0.6 is 0 Å². The van der Waals surface area contributed by atoms with Crippen LogP contribution in [0.1, 0.15) is 61.9 Å². The van der Waals surface area contributed by atoms with Gasteiger partial charge >= 0.3 is 0 Å². The first-order chi connectivity index (χ1) is 11.4. The molecule has 1 amide bonds. The molecule has 0 bridgehead atoms. The van der Waals surface area contributed by atoms with Gasteiger partial charge in [0.05, 0.1) is 0 Å². The minimum absolute atomic E-state index is 0.0878. The zero-order chi connectivity index (χ0) is 17.3. The largest absolute Gasteiger partial charge is 0.375 e. The number of rotatable bonds is 3. The zero-order valence-corrected chi connectivity index (χ0v) is 15.4. The van der Waals surface area contributed by atoms with Gasteiger partial charge < -0.3 is 15.0 Å². The van der Waals surface area contributed by atoms with Crippen LogP contribution < -0.4 is 5.32 Å². The average molecular weight is 330 g/mol. The van der Waals surface area contributed by atoms with E-state index < -0.39 is 0 Å². The number of nitrogens with one attached hydrogen (secondary N) is 1. The molecule has 1 N–H and O–H groups in total. The Labute approximate surface area is 145 Å². The number of carbonyl (C=O) groups is 1. The van der Waals surface area contributed by atoms with Crippen LogP contribution in [0.25, 0.3) is 0 Å². The van der Waals surface area contributed by atoms with Gasteiger partial charge in [0.25, 0.3) is 0 Å². The molecule has 0 aliphatic carbocycles. The van der Waals surface area contributed by atoms with Crippen molar-refractivity contribution >= 4 is 5.91 Å². The third kappa shape index (κ3) is 3.50. The molecular weight excluding hydrogens is 300 g/mol. The van der Waals surface area contributed by atoms with Crippen molar-refractivity contribution in [2.75, 3.05) is 26.8 Å². The zero-order valence-electron chi connectivity index (χ0n) is 15.4. The van der Waals surface area contributed by atoms with Crippen molar-refractivity contribution < 1.29 is 9.53 Å². The Bertz CT molecular complexity index is 613. The first-order valence-corrected chi connectivity index (χ1v) is 9.06. The molecule has 2 aliphatic rings. The summed E-state index contributed by atoms with van der Waals surface area (Å²) in [6.45, 7) is 9.57. The molecule has 132 valence electrons. The molecule has 1 fully saturated rings. The van der Waals surface area contributed by atoms with Crippen LogP contribution in [-0.4, -0.2) is 37.6 Å². The van der Waals surface area contributed by atoms with Crippen LogP contribution in [0.4, 0.5) is 0 Å². The van der Waals surface area contributed by atoms with Gasteiger partial charge in [-0.25, -0.2) is 0 Å². The van der Waals surface area contributed by atoms with E-state index in [1.807, 2.05) is 4.90 Å². The van der Waals surface area contributed by atoms with Gasteiger partial charge in [0.1, 0.15) is 6.61 Å². The lowest BCUT2D eigenvalue weighted by molar-refractivity contribution is -0.136. The Balaban J connectivity index is 1.97. The molecule has 0 unspecified atom stereocenters. The van der Waals surface area contributed by atoms with Gasteiger partial charge in [-0.2, -0.15) is 0 Å². The summed E-state index contributed by atoms with van der Waals surface area (Å²) in [6.07, 6.45) is 3.41. The summed E-state index contributed by atoms with van der Waals surface area (Å²) in [7, 11) is 1.58. The average Bonchev–Trinajstić information content (AvgIpc) is 3.06. The van der Waals surface area contributed by atoms with Crippen molar-refractivity contribution in [1.29, 1.82) is 0 Å². The number of nitrogens with zero attached hydrogens (tertiary/aromatic N) is 1.